The number of halogens is 1. The lowest BCUT2D eigenvalue weighted by molar-refractivity contribution is 0.623. The minimum atomic E-state index is -0.289. The molecule has 0 N–H and O–H groups in total. The maximum Gasteiger partial charge on any atom is 0.138 e. The van der Waals surface area contributed by atoms with Gasteiger partial charge in [0.15, 0.2) is 0 Å². The molecule has 1 rings (SSSR count). The maximum absolute atomic E-state index is 12.6. The zero-order valence-electron chi connectivity index (χ0n) is 5.97. The van der Waals surface area contributed by atoms with Crippen molar-refractivity contribution in [2.45, 2.75) is 11.8 Å². The van der Waals surface area contributed by atoms with Gasteiger partial charge in [0.05, 0.1) is 0 Å². The number of thioether (sulfide) groups is 1. The zero-order chi connectivity index (χ0) is 8.27. The minimum absolute atomic E-state index is 0.289. The summed E-state index contributed by atoms with van der Waals surface area (Å²) < 4.78 is 12.6. The van der Waals surface area contributed by atoms with Gasteiger partial charge >= 0.3 is 0 Å². The Bertz CT molecular complexity index is 283. The van der Waals surface area contributed by atoms with Gasteiger partial charge < -0.3 is 0 Å². The molecule has 0 radical (unpaired) electrons. The number of aryl methyl sites for hydroxylation is 1. The van der Waals surface area contributed by atoms with E-state index in [2.05, 4.69) is 0 Å². The Morgan fingerprint density at radius 2 is 2.18 bits per heavy atom. The molecule has 0 fully saturated rings. The summed E-state index contributed by atoms with van der Waals surface area (Å²) in [6, 6.07) is 4.55. The largest absolute Gasteiger partial charge is 0.207 e. The first-order chi connectivity index (χ1) is 5.22. The van der Waals surface area contributed by atoms with Crippen LogP contribution in [0.1, 0.15) is 5.56 Å². The summed E-state index contributed by atoms with van der Waals surface area (Å²) in [5.41, 5.74) is 0.836. The number of nitrogens with zero attached hydrogens (tertiary/aromatic N) is 1. The smallest absolute Gasteiger partial charge is 0.138 e. The molecule has 0 aliphatic heterocycles. The fourth-order valence-electron chi connectivity index (χ4n) is 0.814. The normalized spacial score (nSPS) is 9.18. The van der Waals surface area contributed by atoms with E-state index in [1.807, 2.05) is 5.40 Å². The second kappa shape index (κ2) is 3.40. The fourth-order valence-corrected chi connectivity index (χ4v) is 1.34. The molecule has 1 nitrogen and oxygen atoms in total. The van der Waals surface area contributed by atoms with Crippen LogP contribution in [0.2, 0.25) is 0 Å². The second-order valence-corrected chi connectivity index (χ2v) is 3.02. The quantitative estimate of drug-likeness (QED) is 0.474. The van der Waals surface area contributed by atoms with Crippen LogP contribution < -0.4 is 0 Å². The lowest BCUT2D eigenvalue weighted by Crippen LogP contribution is -1.78. The third-order valence-corrected chi connectivity index (χ3v) is 1.74. The Kier molecular flexibility index (Phi) is 2.50. The predicted molar refractivity (Wildman–Crippen MR) is 42.6 cm³/mol. The van der Waals surface area contributed by atoms with Crippen molar-refractivity contribution in [2.75, 3.05) is 0 Å². The highest BCUT2D eigenvalue weighted by atomic mass is 32.2. The standard InChI is InChI=1S/C8H6FNS/c1-6-2-7(9)4-8(3-6)11-5-10/h2-4H,1H3. The highest BCUT2D eigenvalue weighted by Gasteiger charge is 1.96. The highest BCUT2D eigenvalue weighted by Crippen LogP contribution is 2.18. The van der Waals surface area contributed by atoms with Gasteiger partial charge in [0.1, 0.15) is 11.2 Å². The summed E-state index contributed by atoms with van der Waals surface area (Å²) in [6.07, 6.45) is 0. The third kappa shape index (κ3) is 2.24. The summed E-state index contributed by atoms with van der Waals surface area (Å²) in [5, 5.41) is 10.2. The summed E-state index contributed by atoms with van der Waals surface area (Å²) >= 11 is 0.969. The first-order valence-electron chi connectivity index (χ1n) is 3.05. The molecule has 0 aliphatic carbocycles. The molecule has 0 saturated heterocycles. The molecule has 0 bridgehead atoms. The molecule has 1 aromatic carbocycles. The van der Waals surface area contributed by atoms with Crippen molar-refractivity contribution in [1.82, 2.24) is 0 Å². The lowest BCUT2D eigenvalue weighted by atomic mass is 10.2. The Morgan fingerprint density at radius 1 is 1.45 bits per heavy atom. The number of hydrogen-bond donors (Lipinski definition) is 0. The van der Waals surface area contributed by atoms with Crippen LogP contribution in [-0.4, -0.2) is 0 Å². The summed E-state index contributed by atoms with van der Waals surface area (Å²) in [6.45, 7) is 1.80. The molecule has 0 amide bonds. The monoisotopic (exact) mass is 167 g/mol. The van der Waals surface area contributed by atoms with E-state index in [4.69, 9.17) is 5.26 Å². The predicted octanol–water partition coefficient (Wildman–Crippen LogP) is 2.71. The van der Waals surface area contributed by atoms with Gasteiger partial charge in [-0.1, -0.05) is 0 Å². The molecule has 0 aliphatic rings. The molecule has 1 aromatic rings. The molecule has 0 heterocycles. The van der Waals surface area contributed by atoms with Crippen LogP contribution in [0, 0.1) is 23.4 Å². The third-order valence-electron chi connectivity index (χ3n) is 1.18. The van der Waals surface area contributed by atoms with Gasteiger partial charge in [-0.25, -0.2) is 4.39 Å². The van der Waals surface area contributed by atoms with E-state index < -0.39 is 0 Å². The van der Waals surface area contributed by atoms with Gasteiger partial charge in [-0.05, 0) is 42.4 Å². The molecule has 11 heavy (non-hydrogen) atoms. The average Bonchev–Trinajstić information content (AvgIpc) is 1.85. The van der Waals surface area contributed by atoms with Crippen molar-refractivity contribution in [3.63, 3.8) is 0 Å². The van der Waals surface area contributed by atoms with Crippen LogP contribution in [-0.2, 0) is 0 Å². The van der Waals surface area contributed by atoms with Crippen LogP contribution in [0.5, 0.6) is 0 Å². The van der Waals surface area contributed by atoms with Crippen LogP contribution in [0.15, 0.2) is 23.1 Å². The number of benzene rings is 1. The van der Waals surface area contributed by atoms with E-state index in [9.17, 15) is 4.39 Å². The molecule has 0 aromatic heterocycles. The Hall–Kier alpha value is -1.01. The van der Waals surface area contributed by atoms with Crippen molar-refractivity contribution in [3.8, 4) is 5.40 Å². The van der Waals surface area contributed by atoms with Crippen LogP contribution in [0.3, 0.4) is 0 Å². The van der Waals surface area contributed by atoms with Crippen molar-refractivity contribution in [3.05, 3.63) is 29.6 Å². The first kappa shape index (κ1) is 8.09. The van der Waals surface area contributed by atoms with Gasteiger partial charge in [-0.15, -0.1) is 0 Å². The van der Waals surface area contributed by atoms with E-state index in [1.54, 1.807) is 13.0 Å². The average molecular weight is 167 g/mol. The van der Waals surface area contributed by atoms with E-state index in [0.717, 1.165) is 17.3 Å². The van der Waals surface area contributed by atoms with Gasteiger partial charge in [0.25, 0.3) is 0 Å². The van der Waals surface area contributed by atoms with Crippen LogP contribution in [0.25, 0.3) is 0 Å². The highest BCUT2D eigenvalue weighted by molar-refractivity contribution is 8.03. The number of rotatable bonds is 1. The van der Waals surface area contributed by atoms with Gasteiger partial charge in [0, 0.05) is 4.90 Å². The topological polar surface area (TPSA) is 23.8 Å². The molecule has 56 valence electrons. The molecule has 0 atom stereocenters. The Balaban J connectivity index is 3.01. The summed E-state index contributed by atoms with van der Waals surface area (Å²) in [7, 11) is 0. The van der Waals surface area contributed by atoms with E-state index in [1.165, 1.54) is 12.1 Å². The first-order valence-corrected chi connectivity index (χ1v) is 3.87. The second-order valence-electron chi connectivity index (χ2n) is 2.16. The Morgan fingerprint density at radius 3 is 2.73 bits per heavy atom. The molecule has 0 unspecified atom stereocenters. The van der Waals surface area contributed by atoms with Gasteiger partial charge in [-0.3, -0.25) is 0 Å². The SMILES string of the molecule is Cc1cc(F)cc(SC#N)c1. The van der Waals surface area contributed by atoms with E-state index >= 15 is 0 Å². The number of hydrogen-bond acceptors (Lipinski definition) is 2. The summed E-state index contributed by atoms with van der Waals surface area (Å²) in [4.78, 5) is 0.657. The summed E-state index contributed by atoms with van der Waals surface area (Å²) in [5.74, 6) is -0.289. The molecular weight excluding hydrogens is 161 g/mol. The van der Waals surface area contributed by atoms with Crippen molar-refractivity contribution < 1.29 is 4.39 Å². The van der Waals surface area contributed by atoms with Crippen molar-refractivity contribution >= 4 is 11.8 Å². The van der Waals surface area contributed by atoms with Crippen molar-refractivity contribution in [2.24, 2.45) is 0 Å². The van der Waals surface area contributed by atoms with E-state index in [-0.39, 0.29) is 5.82 Å². The minimum Gasteiger partial charge on any atom is -0.207 e. The Labute approximate surface area is 68.8 Å². The van der Waals surface area contributed by atoms with E-state index in [0.29, 0.717) is 4.90 Å². The number of nitriles is 1. The van der Waals surface area contributed by atoms with Crippen LogP contribution >= 0.6 is 11.8 Å². The fraction of sp³-hybridized carbons (Fsp3) is 0.125. The lowest BCUT2D eigenvalue weighted by Gasteiger charge is -1.95. The maximum atomic E-state index is 12.6. The van der Waals surface area contributed by atoms with Gasteiger partial charge in [-0.2, -0.15) is 5.26 Å². The van der Waals surface area contributed by atoms with Crippen LogP contribution in [0.4, 0.5) is 4.39 Å². The molecule has 0 saturated carbocycles. The molecule has 3 heteroatoms. The molecule has 0 spiro atoms. The van der Waals surface area contributed by atoms with Crippen molar-refractivity contribution in [1.29, 1.82) is 5.26 Å². The molecular formula is C8H6FNS. The van der Waals surface area contributed by atoms with Gasteiger partial charge in [0.2, 0.25) is 0 Å². The zero-order valence-corrected chi connectivity index (χ0v) is 6.78. The number of thiocyanates is 1.